The van der Waals surface area contributed by atoms with Crippen LogP contribution in [0.15, 0.2) is 29.2 Å². The van der Waals surface area contributed by atoms with E-state index in [1.807, 2.05) is 0 Å². The van der Waals surface area contributed by atoms with Crippen molar-refractivity contribution in [3.8, 4) is 0 Å². The lowest BCUT2D eigenvalue weighted by molar-refractivity contribution is -0.148. The van der Waals surface area contributed by atoms with Crippen molar-refractivity contribution in [2.75, 3.05) is 0 Å². The molecule has 1 saturated carbocycles. The van der Waals surface area contributed by atoms with Crippen LogP contribution in [0.5, 0.6) is 0 Å². The number of nitrogens with one attached hydrogen (secondary N) is 1. The lowest BCUT2D eigenvalue weighted by atomic mass is 9.85. The van der Waals surface area contributed by atoms with Gasteiger partial charge in [0, 0.05) is 6.04 Å². The zero-order valence-electron chi connectivity index (χ0n) is 11.0. The third-order valence-corrected chi connectivity index (χ3v) is 5.36. The van der Waals surface area contributed by atoms with Gasteiger partial charge in [-0.15, -0.1) is 0 Å². The fraction of sp³-hybridized carbons (Fsp3) is 0.462. The Labute approximate surface area is 116 Å². The highest BCUT2D eigenvalue weighted by Crippen LogP contribution is 2.38. The van der Waals surface area contributed by atoms with Crippen molar-refractivity contribution in [2.24, 2.45) is 5.41 Å². The van der Waals surface area contributed by atoms with Crippen molar-refractivity contribution in [3.63, 3.8) is 0 Å². The summed E-state index contributed by atoms with van der Waals surface area (Å²) in [6.45, 7) is 1.54. The Bertz CT molecular complexity index is 614. The normalized spacial score (nSPS) is 26.6. The molecular weight excluding hydrogens is 285 g/mol. The molecule has 0 spiro atoms. The van der Waals surface area contributed by atoms with E-state index in [2.05, 4.69) is 4.72 Å². The highest BCUT2D eigenvalue weighted by molar-refractivity contribution is 7.89. The highest BCUT2D eigenvalue weighted by atomic mass is 32.2. The molecule has 0 amide bonds. The van der Waals surface area contributed by atoms with E-state index in [-0.39, 0.29) is 4.90 Å². The standard InChI is InChI=1S/C13H16FNO4S/c1-13(12(16)17)8-2-3-11(13)15-20(18,19)10-6-4-9(14)5-7-10/h4-7,11,15H,2-3,8H2,1H3,(H,16,17). The largest absolute Gasteiger partial charge is 0.481 e. The summed E-state index contributed by atoms with van der Waals surface area (Å²) in [5.41, 5.74) is -1.10. The minimum atomic E-state index is -3.85. The number of rotatable bonds is 4. The molecule has 5 nitrogen and oxygen atoms in total. The van der Waals surface area contributed by atoms with Gasteiger partial charge in [-0.05, 0) is 44.0 Å². The number of sulfonamides is 1. The fourth-order valence-corrected chi connectivity index (χ4v) is 3.86. The number of carbonyl (C=O) groups is 1. The van der Waals surface area contributed by atoms with Crippen molar-refractivity contribution >= 4 is 16.0 Å². The molecule has 0 radical (unpaired) electrons. The molecule has 20 heavy (non-hydrogen) atoms. The number of halogens is 1. The minimum Gasteiger partial charge on any atom is -0.481 e. The molecule has 2 atom stereocenters. The molecular formula is C13H16FNO4S. The lowest BCUT2D eigenvalue weighted by Crippen LogP contribution is -2.46. The van der Waals surface area contributed by atoms with E-state index in [1.165, 1.54) is 0 Å². The molecule has 1 fully saturated rings. The second kappa shape index (κ2) is 5.14. The van der Waals surface area contributed by atoms with Gasteiger partial charge in [0.1, 0.15) is 5.82 Å². The van der Waals surface area contributed by atoms with Gasteiger partial charge in [0.2, 0.25) is 10.0 Å². The van der Waals surface area contributed by atoms with Crippen LogP contribution in [0.4, 0.5) is 4.39 Å². The SMILES string of the molecule is CC1(C(=O)O)CCCC1NS(=O)(=O)c1ccc(F)cc1. The van der Waals surface area contributed by atoms with Crippen LogP contribution in [0.2, 0.25) is 0 Å². The Morgan fingerprint density at radius 3 is 2.55 bits per heavy atom. The molecule has 1 aliphatic carbocycles. The lowest BCUT2D eigenvalue weighted by Gasteiger charge is -2.27. The molecule has 0 saturated heterocycles. The molecule has 0 bridgehead atoms. The second-order valence-corrected chi connectivity index (χ2v) is 6.96. The molecule has 0 heterocycles. The van der Waals surface area contributed by atoms with Crippen LogP contribution >= 0.6 is 0 Å². The van der Waals surface area contributed by atoms with E-state index in [0.29, 0.717) is 19.3 Å². The molecule has 2 unspecified atom stereocenters. The van der Waals surface area contributed by atoms with Gasteiger partial charge in [-0.25, -0.2) is 17.5 Å². The van der Waals surface area contributed by atoms with Gasteiger partial charge in [-0.2, -0.15) is 0 Å². The van der Waals surface area contributed by atoms with Gasteiger partial charge in [0.25, 0.3) is 0 Å². The topological polar surface area (TPSA) is 83.5 Å². The minimum absolute atomic E-state index is 0.0708. The number of carboxylic acid groups (broad SMARTS) is 1. The van der Waals surface area contributed by atoms with Crippen molar-refractivity contribution < 1.29 is 22.7 Å². The Hall–Kier alpha value is -1.47. The highest BCUT2D eigenvalue weighted by Gasteiger charge is 2.46. The maximum absolute atomic E-state index is 12.8. The summed E-state index contributed by atoms with van der Waals surface area (Å²) in [6, 6.07) is 3.77. The maximum atomic E-state index is 12.8. The van der Waals surface area contributed by atoms with Crippen LogP contribution in [-0.2, 0) is 14.8 Å². The first-order valence-corrected chi connectivity index (χ1v) is 7.75. The first kappa shape index (κ1) is 14.9. The van der Waals surface area contributed by atoms with E-state index in [4.69, 9.17) is 0 Å². The maximum Gasteiger partial charge on any atom is 0.310 e. The molecule has 0 aliphatic heterocycles. The molecule has 110 valence electrons. The Morgan fingerprint density at radius 1 is 1.40 bits per heavy atom. The van der Waals surface area contributed by atoms with Crippen LogP contribution in [-0.4, -0.2) is 25.5 Å². The zero-order chi connectivity index (χ0) is 15.0. The number of aliphatic carboxylic acids is 1. The Kier molecular flexibility index (Phi) is 3.84. The summed E-state index contributed by atoms with van der Waals surface area (Å²) < 4.78 is 39.6. The number of hydrogen-bond acceptors (Lipinski definition) is 3. The van der Waals surface area contributed by atoms with E-state index in [1.54, 1.807) is 6.92 Å². The monoisotopic (exact) mass is 301 g/mol. The average Bonchev–Trinajstić information content (AvgIpc) is 2.72. The summed E-state index contributed by atoms with van der Waals surface area (Å²) >= 11 is 0. The van der Waals surface area contributed by atoms with Crippen molar-refractivity contribution in [2.45, 2.75) is 37.1 Å². The van der Waals surface area contributed by atoms with Gasteiger partial charge < -0.3 is 5.11 Å². The van der Waals surface area contributed by atoms with E-state index < -0.39 is 33.3 Å². The second-order valence-electron chi connectivity index (χ2n) is 5.24. The van der Waals surface area contributed by atoms with Crippen LogP contribution in [0.1, 0.15) is 26.2 Å². The number of carboxylic acids is 1. The van der Waals surface area contributed by atoms with E-state index >= 15 is 0 Å². The zero-order valence-corrected chi connectivity index (χ0v) is 11.8. The quantitative estimate of drug-likeness (QED) is 0.887. The molecule has 1 aromatic rings. The van der Waals surface area contributed by atoms with Crippen LogP contribution in [0, 0.1) is 11.2 Å². The third-order valence-electron chi connectivity index (χ3n) is 3.87. The van der Waals surface area contributed by atoms with Crippen LogP contribution < -0.4 is 4.72 Å². The number of benzene rings is 1. The summed E-state index contributed by atoms with van der Waals surface area (Å²) in [5, 5.41) is 9.26. The molecule has 1 aliphatic rings. The molecule has 7 heteroatoms. The molecule has 2 rings (SSSR count). The summed E-state index contributed by atoms with van der Waals surface area (Å²) in [5.74, 6) is -1.54. The molecule has 0 aromatic heterocycles. The summed E-state index contributed by atoms with van der Waals surface area (Å²) in [4.78, 5) is 11.2. The first-order chi connectivity index (χ1) is 9.25. The third kappa shape index (κ3) is 2.69. The van der Waals surface area contributed by atoms with E-state index in [9.17, 15) is 22.7 Å². The van der Waals surface area contributed by atoms with Crippen molar-refractivity contribution in [1.82, 2.24) is 4.72 Å². The Morgan fingerprint density at radius 2 is 2.00 bits per heavy atom. The van der Waals surface area contributed by atoms with Crippen LogP contribution in [0.3, 0.4) is 0 Å². The van der Waals surface area contributed by atoms with E-state index in [0.717, 1.165) is 24.3 Å². The Balaban J connectivity index is 2.24. The number of hydrogen-bond donors (Lipinski definition) is 2. The van der Waals surface area contributed by atoms with Gasteiger partial charge in [0.15, 0.2) is 0 Å². The van der Waals surface area contributed by atoms with Gasteiger partial charge in [0.05, 0.1) is 10.3 Å². The van der Waals surface area contributed by atoms with Gasteiger partial charge >= 0.3 is 5.97 Å². The molecule has 2 N–H and O–H groups in total. The van der Waals surface area contributed by atoms with Crippen molar-refractivity contribution in [3.05, 3.63) is 30.1 Å². The van der Waals surface area contributed by atoms with Crippen LogP contribution in [0.25, 0.3) is 0 Å². The predicted molar refractivity (Wildman–Crippen MR) is 70.1 cm³/mol. The smallest absolute Gasteiger partial charge is 0.310 e. The van der Waals surface area contributed by atoms with Crippen molar-refractivity contribution in [1.29, 1.82) is 0 Å². The first-order valence-electron chi connectivity index (χ1n) is 6.27. The van der Waals surface area contributed by atoms with Gasteiger partial charge in [-0.3, -0.25) is 4.79 Å². The van der Waals surface area contributed by atoms with Gasteiger partial charge in [-0.1, -0.05) is 6.42 Å². The average molecular weight is 301 g/mol. The predicted octanol–water partition coefficient (Wildman–Crippen LogP) is 1.75. The summed E-state index contributed by atoms with van der Waals surface area (Å²) in [6.07, 6.45) is 1.56. The molecule has 1 aromatic carbocycles. The summed E-state index contributed by atoms with van der Waals surface area (Å²) in [7, 11) is -3.85. The fourth-order valence-electron chi connectivity index (χ4n) is 2.48.